The number of carbonyl (C=O) groups excluding carboxylic acids is 2. The van der Waals surface area contributed by atoms with E-state index in [1.54, 1.807) is 0 Å². The minimum absolute atomic E-state index is 0.0265. The first-order valence-electron chi connectivity index (χ1n) is 13.7. The number of aryl methyl sites for hydroxylation is 1. The van der Waals surface area contributed by atoms with E-state index in [1.165, 1.54) is 16.6 Å². The molecule has 202 valence electrons. The Bertz CT molecular complexity index is 1270. The van der Waals surface area contributed by atoms with Crippen LogP contribution in [0.3, 0.4) is 0 Å². The Morgan fingerprint density at radius 3 is 2.63 bits per heavy atom. The van der Waals surface area contributed by atoms with Gasteiger partial charge >= 0.3 is 6.09 Å². The molecule has 0 bridgehead atoms. The van der Waals surface area contributed by atoms with E-state index < -0.39 is 11.7 Å². The molecule has 2 aliphatic rings. The number of para-hydroxylation sites is 1. The minimum atomic E-state index is -0.569. The van der Waals surface area contributed by atoms with Crippen LogP contribution >= 0.6 is 0 Å². The van der Waals surface area contributed by atoms with Gasteiger partial charge in [-0.2, -0.15) is 0 Å². The van der Waals surface area contributed by atoms with Gasteiger partial charge in [0.15, 0.2) is 5.78 Å². The van der Waals surface area contributed by atoms with Crippen LogP contribution < -0.4 is 15.5 Å². The van der Waals surface area contributed by atoms with E-state index in [2.05, 4.69) is 67.9 Å². The number of ether oxygens (including phenoxy) is 1. The van der Waals surface area contributed by atoms with Crippen molar-refractivity contribution in [2.75, 3.05) is 42.9 Å². The molecular weight excluding hydrogens is 478 g/mol. The first kappa shape index (κ1) is 26.1. The van der Waals surface area contributed by atoms with Crippen LogP contribution in [0.1, 0.15) is 39.2 Å². The SMILES string of the molecule is CC(C)(C)OC(=O)NCCC(=O)C(C1CCc2ccccc2N1)N1CCN(c2cccc3[nH]ccc23)CC1. The summed E-state index contributed by atoms with van der Waals surface area (Å²) in [5.74, 6) is 0.152. The number of piperazine rings is 1. The molecule has 38 heavy (non-hydrogen) atoms. The van der Waals surface area contributed by atoms with Crippen LogP contribution in [0.5, 0.6) is 0 Å². The van der Waals surface area contributed by atoms with Gasteiger partial charge in [0.1, 0.15) is 5.60 Å². The standard InChI is InChI=1S/C30H39N5O3/c1-30(2,3)38-29(37)32-16-14-27(36)28(25-12-11-21-7-4-5-8-23(21)33-25)35-19-17-34(18-20-35)26-10-6-9-24-22(26)13-15-31-24/h4-10,13,15,25,28,31,33H,11-12,14,16-20H2,1-3H3,(H,32,37). The van der Waals surface area contributed by atoms with Crippen LogP contribution in [0, 0.1) is 0 Å². The molecule has 2 atom stereocenters. The third-order valence-corrected chi connectivity index (χ3v) is 7.45. The molecule has 1 aromatic heterocycles. The van der Waals surface area contributed by atoms with Gasteiger partial charge in [0.05, 0.1) is 6.04 Å². The number of benzene rings is 2. The molecule has 3 heterocycles. The lowest BCUT2D eigenvalue weighted by Crippen LogP contribution is -2.59. The molecule has 0 aliphatic carbocycles. The van der Waals surface area contributed by atoms with Gasteiger partial charge in [0.2, 0.25) is 0 Å². The first-order valence-corrected chi connectivity index (χ1v) is 13.7. The Morgan fingerprint density at radius 2 is 1.84 bits per heavy atom. The maximum atomic E-state index is 13.7. The molecule has 3 aromatic rings. The van der Waals surface area contributed by atoms with Crippen molar-refractivity contribution in [1.82, 2.24) is 15.2 Å². The highest BCUT2D eigenvalue weighted by atomic mass is 16.6. The Hall–Kier alpha value is -3.52. The number of rotatable bonds is 7. The summed E-state index contributed by atoms with van der Waals surface area (Å²) in [5, 5.41) is 7.66. The molecule has 0 saturated carbocycles. The number of hydrogen-bond acceptors (Lipinski definition) is 6. The summed E-state index contributed by atoms with van der Waals surface area (Å²) in [5.41, 5.74) is 4.22. The zero-order valence-corrected chi connectivity index (χ0v) is 22.6. The topological polar surface area (TPSA) is 89.7 Å². The van der Waals surface area contributed by atoms with Gasteiger partial charge in [0.25, 0.3) is 0 Å². The smallest absolute Gasteiger partial charge is 0.407 e. The maximum absolute atomic E-state index is 13.7. The zero-order valence-electron chi connectivity index (χ0n) is 22.6. The summed E-state index contributed by atoms with van der Waals surface area (Å²) in [4.78, 5) is 33.9. The maximum Gasteiger partial charge on any atom is 0.407 e. The largest absolute Gasteiger partial charge is 0.444 e. The number of nitrogens with zero attached hydrogens (tertiary/aromatic N) is 2. The summed E-state index contributed by atoms with van der Waals surface area (Å²) < 4.78 is 5.34. The van der Waals surface area contributed by atoms with Crippen molar-refractivity contribution in [1.29, 1.82) is 0 Å². The lowest BCUT2D eigenvalue weighted by atomic mass is 9.89. The van der Waals surface area contributed by atoms with Crippen LogP contribution in [0.4, 0.5) is 16.2 Å². The van der Waals surface area contributed by atoms with Crippen LogP contribution in [0.2, 0.25) is 0 Å². The van der Waals surface area contributed by atoms with E-state index in [1.807, 2.05) is 33.0 Å². The number of alkyl carbamates (subject to hydrolysis) is 1. The summed E-state index contributed by atoms with van der Waals surface area (Å²) in [6.07, 6.45) is 3.61. The number of H-pyrrole nitrogens is 1. The quantitative estimate of drug-likeness (QED) is 0.426. The second kappa shape index (κ2) is 11.1. The van der Waals surface area contributed by atoms with Crippen molar-refractivity contribution in [3.8, 4) is 0 Å². The summed E-state index contributed by atoms with van der Waals surface area (Å²) in [6, 6.07) is 16.6. The monoisotopic (exact) mass is 517 g/mol. The number of aromatic nitrogens is 1. The molecule has 1 fully saturated rings. The van der Waals surface area contributed by atoms with E-state index in [4.69, 9.17) is 4.74 Å². The number of aromatic amines is 1. The number of fused-ring (bicyclic) bond motifs is 2. The molecule has 2 aliphatic heterocycles. The molecular formula is C30H39N5O3. The van der Waals surface area contributed by atoms with Crippen molar-refractivity contribution in [2.45, 2.75) is 57.7 Å². The molecule has 0 spiro atoms. The molecule has 8 heteroatoms. The lowest BCUT2D eigenvalue weighted by Gasteiger charge is -2.44. The predicted molar refractivity (Wildman–Crippen MR) is 152 cm³/mol. The molecule has 1 amide bonds. The van der Waals surface area contributed by atoms with Gasteiger partial charge in [0, 0.05) is 73.7 Å². The van der Waals surface area contributed by atoms with Gasteiger partial charge in [-0.1, -0.05) is 24.3 Å². The molecule has 5 rings (SSSR count). The second-order valence-corrected chi connectivity index (χ2v) is 11.3. The van der Waals surface area contributed by atoms with Crippen LogP contribution in [0.15, 0.2) is 54.7 Å². The Morgan fingerprint density at radius 1 is 1.05 bits per heavy atom. The highest BCUT2D eigenvalue weighted by Crippen LogP contribution is 2.30. The second-order valence-electron chi connectivity index (χ2n) is 11.3. The van der Waals surface area contributed by atoms with Gasteiger partial charge in [-0.15, -0.1) is 0 Å². The van der Waals surface area contributed by atoms with Gasteiger partial charge < -0.3 is 25.3 Å². The van der Waals surface area contributed by atoms with Gasteiger partial charge in [-0.3, -0.25) is 9.69 Å². The average Bonchev–Trinajstić information content (AvgIpc) is 3.37. The number of amides is 1. The zero-order chi connectivity index (χ0) is 26.7. The lowest BCUT2D eigenvalue weighted by molar-refractivity contribution is -0.125. The Labute approximate surface area is 224 Å². The van der Waals surface area contributed by atoms with Crippen LogP contribution in [0.25, 0.3) is 10.9 Å². The van der Waals surface area contributed by atoms with Crippen LogP contribution in [-0.2, 0) is 16.0 Å². The fourth-order valence-electron chi connectivity index (χ4n) is 5.72. The van der Waals surface area contributed by atoms with Crippen molar-refractivity contribution in [3.63, 3.8) is 0 Å². The highest BCUT2D eigenvalue weighted by molar-refractivity contribution is 5.92. The summed E-state index contributed by atoms with van der Waals surface area (Å²) in [6.45, 7) is 9.07. The summed E-state index contributed by atoms with van der Waals surface area (Å²) in [7, 11) is 0. The third-order valence-electron chi connectivity index (χ3n) is 7.45. The molecule has 0 radical (unpaired) electrons. The number of anilines is 2. The molecule has 1 saturated heterocycles. The first-order chi connectivity index (χ1) is 18.3. The highest BCUT2D eigenvalue weighted by Gasteiger charge is 2.37. The van der Waals surface area contributed by atoms with E-state index in [9.17, 15) is 9.59 Å². The van der Waals surface area contributed by atoms with Crippen molar-refractivity contribution < 1.29 is 14.3 Å². The Kier molecular flexibility index (Phi) is 7.61. The molecule has 2 aromatic carbocycles. The number of hydrogen-bond donors (Lipinski definition) is 3. The third kappa shape index (κ3) is 5.96. The predicted octanol–water partition coefficient (Wildman–Crippen LogP) is 4.57. The van der Waals surface area contributed by atoms with Crippen molar-refractivity contribution in [2.24, 2.45) is 0 Å². The van der Waals surface area contributed by atoms with E-state index in [0.717, 1.165) is 50.2 Å². The van der Waals surface area contributed by atoms with E-state index >= 15 is 0 Å². The molecule has 2 unspecified atom stereocenters. The van der Waals surface area contributed by atoms with Crippen LogP contribution in [-0.4, -0.2) is 72.2 Å². The summed E-state index contributed by atoms with van der Waals surface area (Å²) >= 11 is 0. The van der Waals surface area contributed by atoms with E-state index in [-0.39, 0.29) is 30.8 Å². The van der Waals surface area contributed by atoms with E-state index in [0.29, 0.717) is 0 Å². The average molecular weight is 518 g/mol. The van der Waals surface area contributed by atoms with Gasteiger partial charge in [-0.05, 0) is 63.4 Å². The number of nitrogens with one attached hydrogen (secondary N) is 3. The number of carbonyl (C=O) groups is 2. The number of ketones is 1. The minimum Gasteiger partial charge on any atom is -0.444 e. The fourth-order valence-corrected chi connectivity index (χ4v) is 5.72. The fraction of sp³-hybridized carbons (Fsp3) is 0.467. The molecule has 3 N–H and O–H groups in total. The van der Waals surface area contributed by atoms with Gasteiger partial charge in [-0.25, -0.2) is 4.79 Å². The number of Topliss-reactive ketones (excluding diaryl/α,β-unsaturated/α-hetero) is 1. The molecule has 8 nitrogen and oxygen atoms in total. The van der Waals surface area contributed by atoms with Crippen molar-refractivity contribution >= 4 is 34.2 Å². The Balaban J connectivity index is 1.27. The normalized spacial score (nSPS) is 18.9. The van der Waals surface area contributed by atoms with Crippen molar-refractivity contribution in [3.05, 3.63) is 60.3 Å².